The maximum absolute atomic E-state index is 5.16. The first-order chi connectivity index (χ1) is 30.8. The molecule has 0 unspecified atom stereocenters. The fourth-order valence-electron chi connectivity index (χ4n) is 10.5. The van der Waals surface area contributed by atoms with Crippen LogP contribution in [0.15, 0.2) is 219 Å². The van der Waals surface area contributed by atoms with Gasteiger partial charge in [-0.25, -0.2) is 0 Å². The Bertz CT molecular complexity index is 3970. The Morgan fingerprint density at radius 3 is 1.18 bits per heavy atom. The summed E-state index contributed by atoms with van der Waals surface area (Å²) in [6.45, 7) is 0. The Hall–Kier alpha value is -8.20. The van der Waals surface area contributed by atoms with E-state index in [1.54, 1.807) is 0 Å². The Morgan fingerprint density at radius 1 is 0.226 bits per heavy atom. The van der Waals surface area contributed by atoms with Crippen molar-refractivity contribution in [3.05, 3.63) is 219 Å². The number of aromatic nitrogens is 2. The second-order valence-electron chi connectivity index (χ2n) is 16.3. The van der Waals surface area contributed by atoms with E-state index < -0.39 is 0 Å². The number of nitrogens with zero attached hydrogens (tertiary/aromatic N) is 2. The molecule has 0 saturated carbocycles. The topological polar surface area (TPSA) is 25.8 Å². The fraction of sp³-hybridized carbons (Fsp3) is 0. The molecule has 0 aliphatic rings. The minimum Gasteiger partial charge on any atom is -0.256 e. The average molecular weight is 785 g/mol. The molecule has 0 radical (unpaired) electrons. The van der Waals surface area contributed by atoms with E-state index in [1.165, 1.54) is 98.4 Å². The van der Waals surface area contributed by atoms with Crippen LogP contribution in [0.1, 0.15) is 0 Å². The molecule has 62 heavy (non-hydrogen) atoms. The maximum atomic E-state index is 5.16. The molecule has 286 valence electrons. The van der Waals surface area contributed by atoms with Crippen molar-refractivity contribution in [2.24, 2.45) is 0 Å². The molecule has 13 aromatic rings. The molecule has 0 aliphatic carbocycles. The van der Waals surface area contributed by atoms with Gasteiger partial charge in [0.1, 0.15) is 0 Å². The van der Waals surface area contributed by atoms with E-state index >= 15 is 0 Å². The molecule has 2 heterocycles. The molecular formula is C60H36N2. The highest BCUT2D eigenvalue weighted by Crippen LogP contribution is 2.51. The molecule has 0 bridgehead atoms. The van der Waals surface area contributed by atoms with Crippen LogP contribution in [0.5, 0.6) is 0 Å². The third-order valence-electron chi connectivity index (χ3n) is 13.1. The van der Waals surface area contributed by atoms with Crippen molar-refractivity contribution in [3.8, 4) is 44.5 Å². The molecule has 0 amide bonds. The zero-order valence-electron chi connectivity index (χ0n) is 33.7. The van der Waals surface area contributed by atoms with Gasteiger partial charge in [0, 0.05) is 44.7 Å². The highest BCUT2D eigenvalue weighted by Gasteiger charge is 2.24. The van der Waals surface area contributed by atoms with Crippen LogP contribution in [0.25, 0.3) is 131 Å². The summed E-state index contributed by atoms with van der Waals surface area (Å²) in [5.41, 5.74) is 11.7. The number of para-hydroxylation sites is 2. The highest BCUT2D eigenvalue weighted by molar-refractivity contribution is 6.32. The molecule has 0 fully saturated rings. The van der Waals surface area contributed by atoms with Gasteiger partial charge in [-0.3, -0.25) is 9.97 Å². The lowest BCUT2D eigenvalue weighted by atomic mass is 9.81. The smallest absolute Gasteiger partial charge is 0.0708 e. The van der Waals surface area contributed by atoms with Gasteiger partial charge in [-0.15, -0.1) is 0 Å². The second kappa shape index (κ2) is 13.7. The first-order valence-electron chi connectivity index (χ1n) is 21.3. The van der Waals surface area contributed by atoms with E-state index in [4.69, 9.17) is 9.97 Å². The van der Waals surface area contributed by atoms with E-state index in [1.807, 2.05) is 0 Å². The summed E-state index contributed by atoms with van der Waals surface area (Å²) in [6.07, 6.45) is 4.23. The predicted molar refractivity (Wildman–Crippen MR) is 264 cm³/mol. The minimum absolute atomic E-state index is 0.988. The first-order valence-corrected chi connectivity index (χ1v) is 21.3. The van der Waals surface area contributed by atoms with Gasteiger partial charge in [0.2, 0.25) is 0 Å². The second-order valence-corrected chi connectivity index (χ2v) is 16.3. The molecule has 2 aromatic heterocycles. The van der Waals surface area contributed by atoms with E-state index in [-0.39, 0.29) is 0 Å². The van der Waals surface area contributed by atoms with Crippen LogP contribution in [-0.2, 0) is 0 Å². The number of pyridine rings is 2. The SMILES string of the molecule is c1ccc(-c2c3ccccc3c(-c3ccc(-c4c5ccccc5c(-c5cccc6ccccc56)c5c4cnc4ccccc45)c4ccccc34)c3cnc4ccccc4c23)cc1. The van der Waals surface area contributed by atoms with Crippen molar-refractivity contribution >= 4 is 86.4 Å². The largest absolute Gasteiger partial charge is 0.256 e. The first kappa shape index (κ1) is 34.6. The van der Waals surface area contributed by atoms with Crippen LogP contribution in [-0.4, -0.2) is 9.97 Å². The standard InChI is InChI=1S/C60H36N2/c1-2-18-38(19-3-1)55-43-24-8-9-25-44(43)56(51-35-61-53-31-14-12-28-49(53)59(51)55)47-33-34-48(41-23-7-6-22-40(41)47)57-45-26-10-11-27-46(45)58(42-30-16-20-37-17-4-5-21-39(37)42)60-50-29-13-15-32-54(50)62-36-52(57)60/h1-36H. The van der Waals surface area contributed by atoms with Crippen LogP contribution in [0.4, 0.5) is 0 Å². The van der Waals surface area contributed by atoms with E-state index in [0.29, 0.717) is 0 Å². The summed E-state index contributed by atoms with van der Waals surface area (Å²) >= 11 is 0. The van der Waals surface area contributed by atoms with Gasteiger partial charge in [0.25, 0.3) is 0 Å². The Labute approximate surface area is 358 Å². The molecule has 0 N–H and O–H groups in total. The molecule has 13 rings (SSSR count). The lowest BCUT2D eigenvalue weighted by Gasteiger charge is -2.22. The van der Waals surface area contributed by atoms with Crippen molar-refractivity contribution in [1.29, 1.82) is 0 Å². The number of rotatable bonds is 4. The third kappa shape index (κ3) is 5.04. The van der Waals surface area contributed by atoms with Crippen molar-refractivity contribution < 1.29 is 0 Å². The number of hydrogen-bond donors (Lipinski definition) is 0. The van der Waals surface area contributed by atoms with Gasteiger partial charge >= 0.3 is 0 Å². The van der Waals surface area contributed by atoms with Crippen LogP contribution in [0.3, 0.4) is 0 Å². The molecule has 11 aromatic carbocycles. The van der Waals surface area contributed by atoms with Crippen LogP contribution >= 0.6 is 0 Å². The molecule has 0 spiro atoms. The van der Waals surface area contributed by atoms with Gasteiger partial charge in [-0.1, -0.05) is 194 Å². The molecule has 0 atom stereocenters. The summed E-state index contributed by atoms with van der Waals surface area (Å²) < 4.78 is 0. The Balaban J connectivity index is 1.17. The predicted octanol–water partition coefficient (Wildman–Crippen LogP) is 16.4. The average Bonchev–Trinajstić information content (AvgIpc) is 3.34. The van der Waals surface area contributed by atoms with E-state index in [0.717, 1.165) is 32.6 Å². The molecule has 2 heteroatoms. The van der Waals surface area contributed by atoms with Gasteiger partial charge in [-0.2, -0.15) is 0 Å². The van der Waals surface area contributed by atoms with Gasteiger partial charge in [0.15, 0.2) is 0 Å². The number of fused-ring (bicyclic) bond motifs is 10. The highest BCUT2D eigenvalue weighted by atomic mass is 14.7. The normalized spacial score (nSPS) is 11.9. The molecule has 2 nitrogen and oxygen atoms in total. The van der Waals surface area contributed by atoms with Gasteiger partial charge in [0.05, 0.1) is 11.0 Å². The maximum Gasteiger partial charge on any atom is 0.0708 e. The number of hydrogen-bond acceptors (Lipinski definition) is 2. The summed E-state index contributed by atoms with van der Waals surface area (Å²) in [5, 5.41) is 16.8. The summed E-state index contributed by atoms with van der Waals surface area (Å²) in [5.74, 6) is 0. The van der Waals surface area contributed by atoms with Crippen LogP contribution < -0.4 is 0 Å². The third-order valence-corrected chi connectivity index (χ3v) is 13.1. The lowest BCUT2D eigenvalue weighted by Crippen LogP contribution is -1.96. The Kier molecular flexibility index (Phi) is 7.64. The van der Waals surface area contributed by atoms with Gasteiger partial charge < -0.3 is 0 Å². The molecular weight excluding hydrogens is 749 g/mol. The van der Waals surface area contributed by atoms with Crippen molar-refractivity contribution in [2.75, 3.05) is 0 Å². The molecule has 0 saturated heterocycles. The van der Waals surface area contributed by atoms with Crippen molar-refractivity contribution in [2.45, 2.75) is 0 Å². The zero-order chi connectivity index (χ0) is 40.7. The monoisotopic (exact) mass is 784 g/mol. The van der Waals surface area contributed by atoms with Crippen molar-refractivity contribution in [1.82, 2.24) is 9.97 Å². The summed E-state index contributed by atoms with van der Waals surface area (Å²) in [6, 6.07) is 75.1. The Morgan fingerprint density at radius 2 is 0.613 bits per heavy atom. The minimum atomic E-state index is 0.988. The quantitative estimate of drug-likeness (QED) is 0.131. The van der Waals surface area contributed by atoms with E-state index in [2.05, 4.69) is 219 Å². The van der Waals surface area contributed by atoms with Crippen molar-refractivity contribution in [3.63, 3.8) is 0 Å². The summed E-state index contributed by atoms with van der Waals surface area (Å²) in [7, 11) is 0. The van der Waals surface area contributed by atoms with Crippen LogP contribution in [0, 0.1) is 0 Å². The molecule has 0 aliphatic heterocycles. The summed E-state index contributed by atoms with van der Waals surface area (Å²) in [4.78, 5) is 10.3. The number of benzene rings is 11. The fourth-order valence-corrected chi connectivity index (χ4v) is 10.5. The van der Waals surface area contributed by atoms with E-state index in [9.17, 15) is 0 Å². The zero-order valence-corrected chi connectivity index (χ0v) is 33.7. The van der Waals surface area contributed by atoms with Crippen LogP contribution in [0.2, 0.25) is 0 Å². The van der Waals surface area contributed by atoms with Gasteiger partial charge in [-0.05, 0) is 99.7 Å². The lowest BCUT2D eigenvalue weighted by molar-refractivity contribution is 1.45.